The van der Waals surface area contributed by atoms with Gasteiger partial charge in [-0.3, -0.25) is 4.79 Å². The topological polar surface area (TPSA) is 60.4 Å². The quantitative estimate of drug-likeness (QED) is 0.597. The predicted molar refractivity (Wildman–Crippen MR) is 76.1 cm³/mol. The fraction of sp³-hybridized carbons (Fsp3) is 0.462. The molecule has 0 aliphatic heterocycles. The fourth-order valence-corrected chi connectivity index (χ4v) is 4.03. The molecule has 1 aromatic rings. The van der Waals surface area contributed by atoms with Crippen molar-refractivity contribution in [1.29, 1.82) is 0 Å². The van der Waals surface area contributed by atoms with Crippen LogP contribution >= 0.6 is 11.8 Å². The Hall–Kier alpha value is -1.01. The summed E-state index contributed by atoms with van der Waals surface area (Å²) in [4.78, 5) is 12.2. The van der Waals surface area contributed by atoms with Gasteiger partial charge in [-0.05, 0) is 12.1 Å². The van der Waals surface area contributed by atoms with Gasteiger partial charge in [0.25, 0.3) is 0 Å². The van der Waals surface area contributed by atoms with Crippen molar-refractivity contribution in [3.05, 3.63) is 24.3 Å². The number of benzene rings is 1. The molecule has 0 heterocycles. The molecule has 106 valence electrons. The molecule has 0 amide bonds. The molecule has 0 fully saturated rings. The van der Waals surface area contributed by atoms with Crippen LogP contribution in [0.2, 0.25) is 0 Å². The number of carbonyl (C=O) groups excluding carboxylic acids is 1. The van der Waals surface area contributed by atoms with Gasteiger partial charge in [-0.2, -0.15) is 0 Å². The molecule has 0 aromatic heterocycles. The predicted octanol–water partition coefficient (Wildman–Crippen LogP) is 2.52. The zero-order valence-electron chi connectivity index (χ0n) is 11.3. The lowest BCUT2D eigenvalue weighted by molar-refractivity contribution is -0.140. The summed E-state index contributed by atoms with van der Waals surface area (Å²) in [5, 5.41) is -0.0411. The zero-order valence-corrected chi connectivity index (χ0v) is 12.9. The summed E-state index contributed by atoms with van der Waals surface area (Å²) in [6, 6.07) is 6.87. The summed E-state index contributed by atoms with van der Waals surface area (Å²) in [5.41, 5.74) is 0. The van der Waals surface area contributed by atoms with Crippen molar-refractivity contribution in [3.63, 3.8) is 0 Å². The van der Waals surface area contributed by atoms with Crippen LogP contribution in [-0.4, -0.2) is 32.5 Å². The van der Waals surface area contributed by atoms with Crippen molar-refractivity contribution >= 4 is 27.6 Å². The van der Waals surface area contributed by atoms with E-state index < -0.39 is 9.84 Å². The molecule has 1 aromatic carbocycles. The molecule has 0 aliphatic carbocycles. The van der Waals surface area contributed by atoms with E-state index in [1.807, 2.05) is 6.92 Å². The Labute approximate surface area is 118 Å². The lowest BCUT2D eigenvalue weighted by Gasteiger charge is -2.13. The standard InChI is InChI=1S/C13H18O4S2/c1-4-19(15,16)12-8-6-5-7-11(12)18-10(2)9-13(14)17-3/h5-8,10H,4,9H2,1-3H3. The van der Waals surface area contributed by atoms with Gasteiger partial charge in [0.1, 0.15) is 0 Å². The highest BCUT2D eigenvalue weighted by Gasteiger charge is 2.19. The second-order valence-electron chi connectivity index (χ2n) is 4.06. The Balaban J connectivity index is 2.93. The van der Waals surface area contributed by atoms with Crippen LogP contribution < -0.4 is 0 Å². The van der Waals surface area contributed by atoms with Gasteiger partial charge in [0, 0.05) is 10.1 Å². The van der Waals surface area contributed by atoms with Crippen LogP contribution in [0, 0.1) is 0 Å². The molecular formula is C13H18O4S2. The van der Waals surface area contributed by atoms with E-state index in [4.69, 9.17) is 0 Å². The fourth-order valence-electron chi connectivity index (χ4n) is 1.54. The molecule has 1 unspecified atom stereocenters. The highest BCUT2D eigenvalue weighted by molar-refractivity contribution is 8.00. The maximum atomic E-state index is 12.0. The Morgan fingerprint density at radius 3 is 2.58 bits per heavy atom. The van der Waals surface area contributed by atoms with Crippen molar-refractivity contribution in [3.8, 4) is 0 Å². The van der Waals surface area contributed by atoms with Crippen molar-refractivity contribution < 1.29 is 17.9 Å². The Kier molecular flexibility index (Phi) is 5.87. The largest absolute Gasteiger partial charge is 0.469 e. The van der Waals surface area contributed by atoms with Crippen LogP contribution in [0.4, 0.5) is 0 Å². The van der Waals surface area contributed by atoms with Gasteiger partial charge < -0.3 is 4.74 Å². The van der Waals surface area contributed by atoms with Gasteiger partial charge in [0.05, 0.1) is 24.2 Å². The molecule has 0 saturated heterocycles. The molecule has 1 atom stereocenters. The molecule has 0 radical (unpaired) electrons. The van der Waals surface area contributed by atoms with E-state index in [0.29, 0.717) is 9.79 Å². The molecule has 0 saturated carbocycles. The third kappa shape index (κ3) is 4.54. The molecule has 19 heavy (non-hydrogen) atoms. The number of hydrogen-bond acceptors (Lipinski definition) is 5. The van der Waals surface area contributed by atoms with Crippen LogP contribution in [0.25, 0.3) is 0 Å². The Bertz CT molecular complexity index is 537. The number of methoxy groups -OCH3 is 1. The molecule has 4 nitrogen and oxygen atoms in total. The molecule has 1 rings (SSSR count). The minimum absolute atomic E-state index is 0.0411. The summed E-state index contributed by atoms with van der Waals surface area (Å²) >= 11 is 1.38. The maximum absolute atomic E-state index is 12.0. The lowest BCUT2D eigenvalue weighted by atomic mass is 10.3. The molecule has 6 heteroatoms. The summed E-state index contributed by atoms with van der Waals surface area (Å²) in [6.45, 7) is 3.49. The van der Waals surface area contributed by atoms with E-state index in [1.54, 1.807) is 31.2 Å². The molecule has 0 spiro atoms. The van der Waals surface area contributed by atoms with Crippen molar-refractivity contribution in [2.45, 2.75) is 35.3 Å². The highest BCUT2D eigenvalue weighted by atomic mass is 32.2. The molecule has 0 N–H and O–H groups in total. The zero-order chi connectivity index (χ0) is 14.5. The van der Waals surface area contributed by atoms with Crippen LogP contribution in [0.1, 0.15) is 20.3 Å². The molecular weight excluding hydrogens is 284 g/mol. The Morgan fingerprint density at radius 1 is 1.37 bits per heavy atom. The monoisotopic (exact) mass is 302 g/mol. The minimum Gasteiger partial charge on any atom is -0.469 e. The summed E-state index contributed by atoms with van der Waals surface area (Å²) in [7, 11) is -1.90. The van der Waals surface area contributed by atoms with E-state index >= 15 is 0 Å². The van der Waals surface area contributed by atoms with Gasteiger partial charge >= 0.3 is 5.97 Å². The molecule has 0 aliphatic rings. The van der Waals surface area contributed by atoms with Crippen LogP contribution in [-0.2, 0) is 19.4 Å². The first-order valence-electron chi connectivity index (χ1n) is 5.96. The highest BCUT2D eigenvalue weighted by Crippen LogP contribution is 2.31. The van der Waals surface area contributed by atoms with E-state index in [2.05, 4.69) is 4.74 Å². The SMILES string of the molecule is CCS(=O)(=O)c1ccccc1SC(C)CC(=O)OC. The lowest BCUT2D eigenvalue weighted by Crippen LogP contribution is -2.10. The summed E-state index contributed by atoms with van der Waals surface area (Å²) in [5.74, 6) is -0.230. The smallest absolute Gasteiger partial charge is 0.306 e. The summed E-state index contributed by atoms with van der Waals surface area (Å²) in [6.07, 6.45) is 0.252. The Morgan fingerprint density at radius 2 is 2.00 bits per heavy atom. The normalized spacial score (nSPS) is 13.0. The van der Waals surface area contributed by atoms with Gasteiger partial charge in [-0.25, -0.2) is 8.42 Å². The number of esters is 1. The van der Waals surface area contributed by atoms with Gasteiger partial charge in [-0.15, -0.1) is 11.8 Å². The number of sulfone groups is 1. The van der Waals surface area contributed by atoms with Crippen LogP contribution in [0.15, 0.2) is 34.1 Å². The number of rotatable bonds is 6. The third-order valence-electron chi connectivity index (χ3n) is 2.57. The van der Waals surface area contributed by atoms with Gasteiger partial charge in [-0.1, -0.05) is 26.0 Å². The van der Waals surface area contributed by atoms with Gasteiger partial charge in [0.15, 0.2) is 9.84 Å². The first kappa shape index (κ1) is 16.0. The summed E-state index contributed by atoms with van der Waals surface area (Å²) < 4.78 is 28.6. The van der Waals surface area contributed by atoms with E-state index in [-0.39, 0.29) is 23.4 Å². The first-order valence-corrected chi connectivity index (χ1v) is 8.49. The maximum Gasteiger partial charge on any atom is 0.306 e. The minimum atomic E-state index is -3.25. The van der Waals surface area contributed by atoms with Crippen molar-refractivity contribution in [2.75, 3.05) is 12.9 Å². The number of carbonyl (C=O) groups is 1. The second-order valence-corrected chi connectivity index (χ2v) is 7.79. The van der Waals surface area contributed by atoms with Crippen LogP contribution in [0.5, 0.6) is 0 Å². The number of thioether (sulfide) groups is 1. The van der Waals surface area contributed by atoms with Gasteiger partial charge in [0.2, 0.25) is 0 Å². The van der Waals surface area contributed by atoms with Crippen molar-refractivity contribution in [1.82, 2.24) is 0 Å². The number of ether oxygens (including phenoxy) is 1. The van der Waals surface area contributed by atoms with Crippen LogP contribution in [0.3, 0.4) is 0 Å². The van der Waals surface area contributed by atoms with E-state index in [0.717, 1.165) is 0 Å². The average Bonchev–Trinajstić information content (AvgIpc) is 2.38. The van der Waals surface area contributed by atoms with Crippen molar-refractivity contribution in [2.24, 2.45) is 0 Å². The average molecular weight is 302 g/mol. The third-order valence-corrected chi connectivity index (χ3v) is 5.67. The first-order chi connectivity index (χ1) is 8.90. The van der Waals surface area contributed by atoms with E-state index in [1.165, 1.54) is 18.9 Å². The second kappa shape index (κ2) is 6.96. The number of hydrogen-bond donors (Lipinski definition) is 0. The van der Waals surface area contributed by atoms with E-state index in [9.17, 15) is 13.2 Å². The molecule has 0 bridgehead atoms.